The molecule has 0 radical (unpaired) electrons. The summed E-state index contributed by atoms with van der Waals surface area (Å²) in [6, 6.07) is -0.0445. The summed E-state index contributed by atoms with van der Waals surface area (Å²) in [5.74, 6) is -2.76. The molecule has 0 saturated carbocycles. The fourth-order valence-electron chi connectivity index (χ4n) is 1.68. The number of hydrogen-bond donors (Lipinski definition) is 4. The minimum Gasteiger partial charge on any atom is -0.481 e. The van der Waals surface area contributed by atoms with Gasteiger partial charge in [0.1, 0.15) is 0 Å². The van der Waals surface area contributed by atoms with Crippen LogP contribution in [0.25, 0.3) is 0 Å². The van der Waals surface area contributed by atoms with Crippen molar-refractivity contribution in [1.82, 2.24) is 10.2 Å². The molecule has 4 N–H and O–H groups in total. The number of carboxylic acid groups (broad SMARTS) is 3. The van der Waals surface area contributed by atoms with E-state index in [-0.39, 0.29) is 38.4 Å². The summed E-state index contributed by atoms with van der Waals surface area (Å²) >= 11 is 0. The van der Waals surface area contributed by atoms with Crippen LogP contribution >= 0.6 is 0 Å². The van der Waals surface area contributed by atoms with Gasteiger partial charge in [0, 0.05) is 32.2 Å². The number of nitrogens with one attached hydrogen (secondary N) is 1. The molecule has 0 aromatic carbocycles. The van der Waals surface area contributed by atoms with Gasteiger partial charge in [-0.1, -0.05) is 0 Å². The summed E-state index contributed by atoms with van der Waals surface area (Å²) < 4.78 is 0. The predicted molar refractivity (Wildman–Crippen MR) is 70.7 cm³/mol. The topological polar surface area (TPSA) is 127 Å². The van der Waals surface area contributed by atoms with E-state index in [9.17, 15) is 14.4 Å². The molecule has 0 saturated heterocycles. The Hall–Kier alpha value is -1.67. The van der Waals surface area contributed by atoms with E-state index in [1.54, 1.807) is 4.90 Å². The second-order valence-electron chi connectivity index (χ2n) is 4.59. The van der Waals surface area contributed by atoms with E-state index in [1.165, 1.54) is 0 Å². The van der Waals surface area contributed by atoms with Crippen LogP contribution in [0.2, 0.25) is 0 Å². The zero-order chi connectivity index (χ0) is 15.5. The molecular weight excluding hydrogens is 268 g/mol. The van der Waals surface area contributed by atoms with Crippen molar-refractivity contribution in [1.29, 1.82) is 0 Å². The number of rotatable bonds is 12. The van der Waals surface area contributed by atoms with Gasteiger partial charge in [-0.15, -0.1) is 0 Å². The third-order valence-electron chi connectivity index (χ3n) is 2.65. The maximum absolute atomic E-state index is 10.6. The van der Waals surface area contributed by atoms with E-state index in [1.807, 2.05) is 6.92 Å². The van der Waals surface area contributed by atoms with E-state index in [0.29, 0.717) is 13.1 Å². The Morgan fingerprint density at radius 3 is 1.80 bits per heavy atom. The van der Waals surface area contributed by atoms with Crippen molar-refractivity contribution in [2.45, 2.75) is 32.2 Å². The van der Waals surface area contributed by atoms with Crippen molar-refractivity contribution in [2.24, 2.45) is 0 Å². The van der Waals surface area contributed by atoms with Crippen LogP contribution < -0.4 is 5.32 Å². The second-order valence-corrected chi connectivity index (χ2v) is 4.59. The summed E-state index contributed by atoms with van der Waals surface area (Å²) in [5, 5.41) is 28.8. The molecule has 0 heterocycles. The molecule has 0 aromatic heterocycles. The molecule has 8 nitrogen and oxygen atoms in total. The van der Waals surface area contributed by atoms with E-state index >= 15 is 0 Å². The first-order chi connectivity index (χ1) is 9.31. The molecule has 0 fully saturated rings. The van der Waals surface area contributed by atoms with Crippen LogP contribution in [0.3, 0.4) is 0 Å². The van der Waals surface area contributed by atoms with Crippen molar-refractivity contribution >= 4 is 17.9 Å². The van der Waals surface area contributed by atoms with Gasteiger partial charge >= 0.3 is 17.9 Å². The molecule has 116 valence electrons. The highest BCUT2D eigenvalue weighted by Gasteiger charge is 2.13. The van der Waals surface area contributed by atoms with Gasteiger partial charge in [0.2, 0.25) is 0 Å². The Morgan fingerprint density at radius 1 is 0.950 bits per heavy atom. The largest absolute Gasteiger partial charge is 0.481 e. The molecule has 1 atom stereocenters. The molecule has 8 heteroatoms. The van der Waals surface area contributed by atoms with Gasteiger partial charge in [0.05, 0.1) is 19.3 Å². The summed E-state index contributed by atoms with van der Waals surface area (Å²) in [4.78, 5) is 33.2. The van der Waals surface area contributed by atoms with Gasteiger partial charge in [-0.3, -0.25) is 14.4 Å². The Balaban J connectivity index is 4.12. The lowest BCUT2D eigenvalue weighted by atomic mass is 10.2. The first-order valence-electron chi connectivity index (χ1n) is 6.42. The zero-order valence-corrected chi connectivity index (χ0v) is 11.5. The Morgan fingerprint density at radius 2 is 1.40 bits per heavy atom. The maximum Gasteiger partial charge on any atom is 0.304 e. The average molecular weight is 290 g/mol. The average Bonchev–Trinajstić information content (AvgIpc) is 2.31. The second kappa shape index (κ2) is 10.2. The number of carbonyl (C=O) groups is 3. The zero-order valence-electron chi connectivity index (χ0n) is 11.5. The third-order valence-corrected chi connectivity index (χ3v) is 2.65. The highest BCUT2D eigenvalue weighted by atomic mass is 16.4. The molecular formula is C12H22N2O6. The van der Waals surface area contributed by atoms with E-state index in [0.717, 1.165) is 0 Å². The number of aliphatic carboxylic acids is 3. The van der Waals surface area contributed by atoms with E-state index in [4.69, 9.17) is 15.3 Å². The van der Waals surface area contributed by atoms with Gasteiger partial charge in [-0.05, 0) is 6.92 Å². The number of nitrogens with zero attached hydrogens (tertiary/aromatic N) is 1. The summed E-state index contributed by atoms with van der Waals surface area (Å²) in [7, 11) is 0. The molecule has 20 heavy (non-hydrogen) atoms. The quantitative estimate of drug-likeness (QED) is 0.385. The van der Waals surface area contributed by atoms with E-state index < -0.39 is 17.9 Å². The SMILES string of the molecule is C[C@@H](CN(CCC(=O)O)CCC(=O)O)NCCC(=O)O. The standard InChI is InChI=1S/C12H22N2O6/c1-9(13-5-2-10(15)16)8-14(6-3-11(17)18)7-4-12(19)20/h9,13H,2-8H2,1H3,(H,15,16)(H,17,18)(H,19,20)/t9-/m0/s1. The molecule has 0 amide bonds. The Bertz CT molecular complexity index is 316. The normalized spacial score (nSPS) is 12.3. The van der Waals surface area contributed by atoms with Crippen molar-refractivity contribution in [3.63, 3.8) is 0 Å². The summed E-state index contributed by atoms with van der Waals surface area (Å²) in [6.07, 6.45) is -0.0997. The third kappa shape index (κ3) is 11.4. The van der Waals surface area contributed by atoms with Crippen LogP contribution in [0, 0.1) is 0 Å². The molecule has 0 rings (SSSR count). The Kier molecular flexibility index (Phi) is 9.31. The molecule has 0 aromatic rings. The fourth-order valence-corrected chi connectivity index (χ4v) is 1.68. The van der Waals surface area contributed by atoms with Crippen LogP contribution in [0.1, 0.15) is 26.2 Å². The summed E-state index contributed by atoms with van der Waals surface area (Å²) in [5.41, 5.74) is 0. The van der Waals surface area contributed by atoms with Gasteiger partial charge in [0.25, 0.3) is 0 Å². The minimum absolute atomic E-state index is 0.00852. The fraction of sp³-hybridized carbons (Fsp3) is 0.750. The monoisotopic (exact) mass is 290 g/mol. The van der Waals surface area contributed by atoms with Crippen LogP contribution in [-0.4, -0.2) is 70.3 Å². The van der Waals surface area contributed by atoms with E-state index in [2.05, 4.69) is 5.32 Å². The minimum atomic E-state index is -0.934. The molecule has 0 unspecified atom stereocenters. The van der Waals surface area contributed by atoms with Gasteiger partial charge < -0.3 is 25.5 Å². The lowest BCUT2D eigenvalue weighted by Crippen LogP contribution is -2.41. The van der Waals surface area contributed by atoms with Crippen molar-refractivity contribution in [3.05, 3.63) is 0 Å². The molecule has 0 spiro atoms. The lowest BCUT2D eigenvalue weighted by molar-refractivity contribution is -0.138. The molecule has 0 aliphatic heterocycles. The van der Waals surface area contributed by atoms with Crippen molar-refractivity contribution < 1.29 is 29.7 Å². The molecule has 0 bridgehead atoms. The highest BCUT2D eigenvalue weighted by molar-refractivity contribution is 5.67. The van der Waals surface area contributed by atoms with Crippen LogP contribution in [0.5, 0.6) is 0 Å². The van der Waals surface area contributed by atoms with Gasteiger partial charge in [-0.2, -0.15) is 0 Å². The Labute approximate surface area is 117 Å². The highest BCUT2D eigenvalue weighted by Crippen LogP contribution is 1.98. The van der Waals surface area contributed by atoms with Gasteiger partial charge in [-0.25, -0.2) is 0 Å². The maximum atomic E-state index is 10.6. The van der Waals surface area contributed by atoms with Gasteiger partial charge in [0.15, 0.2) is 0 Å². The molecule has 0 aliphatic rings. The van der Waals surface area contributed by atoms with Crippen LogP contribution in [-0.2, 0) is 14.4 Å². The molecule has 0 aliphatic carbocycles. The first-order valence-corrected chi connectivity index (χ1v) is 6.42. The summed E-state index contributed by atoms with van der Waals surface area (Å²) in [6.45, 7) is 3.18. The van der Waals surface area contributed by atoms with Crippen molar-refractivity contribution in [3.8, 4) is 0 Å². The number of hydrogen-bond acceptors (Lipinski definition) is 5. The van der Waals surface area contributed by atoms with Crippen molar-refractivity contribution in [2.75, 3.05) is 26.2 Å². The smallest absolute Gasteiger partial charge is 0.304 e. The lowest BCUT2D eigenvalue weighted by Gasteiger charge is -2.25. The first kappa shape index (κ1) is 18.3. The number of carboxylic acids is 3. The van der Waals surface area contributed by atoms with Crippen LogP contribution in [0.4, 0.5) is 0 Å². The van der Waals surface area contributed by atoms with Crippen LogP contribution in [0.15, 0.2) is 0 Å². The predicted octanol–water partition coefficient (Wildman–Crippen LogP) is -0.309.